The number of hydrogen-bond acceptors (Lipinski definition) is 4. The first-order valence-corrected chi connectivity index (χ1v) is 8.66. The van der Waals surface area contributed by atoms with E-state index in [0.29, 0.717) is 29.4 Å². The van der Waals surface area contributed by atoms with Crippen LogP contribution in [0.3, 0.4) is 0 Å². The van der Waals surface area contributed by atoms with Crippen LogP contribution in [0.1, 0.15) is 44.5 Å². The fraction of sp³-hybridized carbons (Fsp3) is 0.769. The van der Waals surface area contributed by atoms with E-state index in [9.17, 15) is 8.42 Å². The summed E-state index contributed by atoms with van der Waals surface area (Å²) in [6.45, 7) is 7.58. The number of aromatic amines is 1. The van der Waals surface area contributed by atoms with Crippen LogP contribution in [0.15, 0.2) is 4.90 Å². The van der Waals surface area contributed by atoms with Crippen LogP contribution in [0.25, 0.3) is 0 Å². The SMILES string of the molecule is CCNCc1n[nH]c(C)c1S(=O)(=O)NCC1(CC)CC1. The molecule has 1 fully saturated rings. The highest BCUT2D eigenvalue weighted by molar-refractivity contribution is 7.89. The first-order chi connectivity index (χ1) is 9.44. The highest BCUT2D eigenvalue weighted by Crippen LogP contribution is 2.48. The molecule has 1 aliphatic rings. The van der Waals surface area contributed by atoms with Crippen LogP contribution in [0.4, 0.5) is 0 Å². The van der Waals surface area contributed by atoms with Gasteiger partial charge in [0, 0.05) is 13.1 Å². The summed E-state index contributed by atoms with van der Waals surface area (Å²) in [5.41, 5.74) is 1.33. The summed E-state index contributed by atoms with van der Waals surface area (Å²) in [5.74, 6) is 0. The van der Waals surface area contributed by atoms with Crippen molar-refractivity contribution in [3.8, 4) is 0 Å². The summed E-state index contributed by atoms with van der Waals surface area (Å²) >= 11 is 0. The van der Waals surface area contributed by atoms with Gasteiger partial charge >= 0.3 is 0 Å². The Morgan fingerprint density at radius 2 is 2.05 bits per heavy atom. The maximum Gasteiger partial charge on any atom is 0.244 e. The highest BCUT2D eigenvalue weighted by atomic mass is 32.2. The molecule has 6 nitrogen and oxygen atoms in total. The Hall–Kier alpha value is -0.920. The average Bonchev–Trinajstić information content (AvgIpc) is 3.11. The lowest BCUT2D eigenvalue weighted by Crippen LogP contribution is -2.31. The zero-order chi connectivity index (χ0) is 14.8. The van der Waals surface area contributed by atoms with E-state index in [-0.39, 0.29) is 5.41 Å². The van der Waals surface area contributed by atoms with Crippen molar-refractivity contribution < 1.29 is 8.42 Å². The molecule has 0 amide bonds. The minimum atomic E-state index is -3.50. The van der Waals surface area contributed by atoms with E-state index in [1.807, 2.05) is 6.92 Å². The minimum absolute atomic E-state index is 0.187. The molecule has 1 heterocycles. The number of sulfonamides is 1. The maximum atomic E-state index is 12.5. The van der Waals surface area contributed by atoms with E-state index in [4.69, 9.17) is 0 Å². The Morgan fingerprint density at radius 3 is 2.60 bits per heavy atom. The van der Waals surface area contributed by atoms with Crippen LogP contribution < -0.4 is 10.0 Å². The van der Waals surface area contributed by atoms with Gasteiger partial charge in [0.1, 0.15) is 4.90 Å². The van der Waals surface area contributed by atoms with Crippen molar-refractivity contribution in [2.24, 2.45) is 5.41 Å². The van der Waals surface area contributed by atoms with Gasteiger partial charge < -0.3 is 5.32 Å². The molecule has 0 saturated heterocycles. The molecule has 0 unspecified atom stereocenters. The molecular weight excluding hydrogens is 276 g/mol. The van der Waals surface area contributed by atoms with Crippen molar-refractivity contribution in [2.45, 2.75) is 51.5 Å². The Morgan fingerprint density at radius 1 is 1.35 bits per heavy atom. The van der Waals surface area contributed by atoms with Gasteiger partial charge in [-0.15, -0.1) is 0 Å². The van der Waals surface area contributed by atoms with Crippen LogP contribution in [0.5, 0.6) is 0 Å². The number of nitrogens with zero attached hydrogens (tertiary/aromatic N) is 1. The van der Waals surface area contributed by atoms with Crippen LogP contribution in [-0.2, 0) is 16.6 Å². The molecular formula is C13H24N4O2S. The van der Waals surface area contributed by atoms with Gasteiger partial charge in [-0.05, 0) is 38.1 Å². The third-order valence-corrected chi connectivity index (χ3v) is 5.72. The fourth-order valence-corrected chi connectivity index (χ4v) is 3.86. The molecule has 0 atom stereocenters. The summed E-state index contributed by atoms with van der Waals surface area (Å²) in [6.07, 6.45) is 3.24. The predicted octanol–water partition coefficient (Wildman–Crippen LogP) is 1.30. The van der Waals surface area contributed by atoms with Gasteiger partial charge in [0.05, 0.1) is 11.4 Å². The second-order valence-electron chi connectivity index (χ2n) is 5.58. The molecule has 1 aromatic rings. The molecule has 1 aromatic heterocycles. The van der Waals surface area contributed by atoms with Crippen molar-refractivity contribution >= 4 is 10.0 Å². The molecule has 0 bridgehead atoms. The lowest BCUT2D eigenvalue weighted by atomic mass is 10.1. The molecule has 0 spiro atoms. The minimum Gasteiger partial charge on any atom is -0.311 e. The van der Waals surface area contributed by atoms with Gasteiger partial charge in [-0.1, -0.05) is 13.8 Å². The second-order valence-corrected chi connectivity index (χ2v) is 7.29. The molecule has 0 aliphatic heterocycles. The summed E-state index contributed by atoms with van der Waals surface area (Å²) in [7, 11) is -3.50. The smallest absolute Gasteiger partial charge is 0.244 e. The molecule has 20 heavy (non-hydrogen) atoms. The molecule has 1 aliphatic carbocycles. The number of aryl methyl sites for hydroxylation is 1. The third-order valence-electron chi connectivity index (χ3n) is 4.12. The van der Waals surface area contributed by atoms with Gasteiger partial charge in [0.25, 0.3) is 0 Å². The highest BCUT2D eigenvalue weighted by Gasteiger charge is 2.41. The van der Waals surface area contributed by atoms with E-state index < -0.39 is 10.0 Å². The fourth-order valence-electron chi connectivity index (χ4n) is 2.34. The van der Waals surface area contributed by atoms with Crippen molar-refractivity contribution in [3.63, 3.8) is 0 Å². The Kier molecular flexibility index (Phi) is 4.51. The number of H-pyrrole nitrogens is 1. The van der Waals surface area contributed by atoms with Crippen LogP contribution in [0, 0.1) is 12.3 Å². The summed E-state index contributed by atoms with van der Waals surface area (Å²) in [5, 5.41) is 9.97. The normalized spacial score (nSPS) is 17.4. The van der Waals surface area contributed by atoms with Crippen LogP contribution in [-0.4, -0.2) is 31.7 Å². The number of hydrogen-bond donors (Lipinski definition) is 3. The van der Waals surface area contributed by atoms with E-state index in [1.165, 1.54) is 0 Å². The standard InChI is InChI=1S/C13H24N4O2S/c1-4-13(6-7-13)9-15-20(18,19)12-10(3)16-17-11(12)8-14-5-2/h14-15H,4-9H2,1-3H3,(H,16,17). The van der Waals surface area contributed by atoms with E-state index in [0.717, 1.165) is 25.8 Å². The monoisotopic (exact) mass is 300 g/mol. The second kappa shape index (κ2) is 5.83. The van der Waals surface area contributed by atoms with Crippen molar-refractivity contribution in [1.29, 1.82) is 0 Å². The first kappa shape index (κ1) is 15.5. The van der Waals surface area contributed by atoms with Crippen molar-refractivity contribution in [2.75, 3.05) is 13.1 Å². The molecule has 3 N–H and O–H groups in total. The topological polar surface area (TPSA) is 86.9 Å². The van der Waals surface area contributed by atoms with E-state index in [2.05, 4.69) is 27.2 Å². The Balaban J connectivity index is 2.14. The summed E-state index contributed by atoms with van der Waals surface area (Å²) in [6, 6.07) is 0. The van der Waals surface area contributed by atoms with Crippen molar-refractivity contribution in [1.82, 2.24) is 20.2 Å². The quantitative estimate of drug-likeness (QED) is 0.675. The Labute approximate surface area is 120 Å². The zero-order valence-electron chi connectivity index (χ0n) is 12.4. The molecule has 0 aromatic carbocycles. The van der Waals surface area contributed by atoms with E-state index >= 15 is 0 Å². The first-order valence-electron chi connectivity index (χ1n) is 7.18. The van der Waals surface area contributed by atoms with Gasteiger partial charge in [-0.2, -0.15) is 5.10 Å². The Bertz CT molecular complexity index is 561. The lowest BCUT2D eigenvalue weighted by molar-refractivity contribution is 0.475. The van der Waals surface area contributed by atoms with Gasteiger partial charge in [0.15, 0.2) is 0 Å². The number of aromatic nitrogens is 2. The largest absolute Gasteiger partial charge is 0.311 e. The molecule has 1 saturated carbocycles. The predicted molar refractivity (Wildman–Crippen MR) is 77.9 cm³/mol. The molecule has 114 valence electrons. The third kappa shape index (κ3) is 3.21. The zero-order valence-corrected chi connectivity index (χ0v) is 13.2. The van der Waals surface area contributed by atoms with Gasteiger partial charge in [-0.3, -0.25) is 5.10 Å². The van der Waals surface area contributed by atoms with E-state index in [1.54, 1.807) is 6.92 Å². The average molecular weight is 300 g/mol. The van der Waals surface area contributed by atoms with Crippen LogP contribution >= 0.6 is 0 Å². The summed E-state index contributed by atoms with van der Waals surface area (Å²) < 4.78 is 27.7. The molecule has 0 radical (unpaired) electrons. The summed E-state index contributed by atoms with van der Waals surface area (Å²) in [4.78, 5) is 0.297. The lowest BCUT2D eigenvalue weighted by Gasteiger charge is -2.14. The maximum absolute atomic E-state index is 12.5. The van der Waals surface area contributed by atoms with Gasteiger partial charge in [0.2, 0.25) is 10.0 Å². The number of nitrogens with one attached hydrogen (secondary N) is 3. The van der Waals surface area contributed by atoms with Crippen LogP contribution in [0.2, 0.25) is 0 Å². The van der Waals surface area contributed by atoms with Gasteiger partial charge in [-0.25, -0.2) is 13.1 Å². The molecule has 2 rings (SSSR count). The molecule has 7 heteroatoms. The van der Waals surface area contributed by atoms with Crippen molar-refractivity contribution in [3.05, 3.63) is 11.4 Å². The number of rotatable bonds is 8.